The highest BCUT2D eigenvalue weighted by Gasteiger charge is 2.21. The Labute approximate surface area is 322 Å². The highest BCUT2D eigenvalue weighted by molar-refractivity contribution is 7.26. The Morgan fingerprint density at radius 1 is 0.400 bits per heavy atom. The maximum absolute atomic E-state index is 6.69. The summed E-state index contributed by atoms with van der Waals surface area (Å²) in [5.74, 6) is 0. The van der Waals surface area contributed by atoms with E-state index in [1.54, 1.807) is 0 Å². The molecule has 3 heteroatoms. The van der Waals surface area contributed by atoms with Gasteiger partial charge in [-0.15, -0.1) is 11.3 Å². The van der Waals surface area contributed by atoms with Crippen LogP contribution in [0.25, 0.3) is 86.3 Å². The van der Waals surface area contributed by atoms with Crippen LogP contribution in [0.2, 0.25) is 0 Å². The van der Waals surface area contributed by atoms with Crippen LogP contribution in [0, 0.1) is 0 Å². The topological polar surface area (TPSA) is 16.4 Å². The molecule has 0 aliphatic heterocycles. The molecule has 9 aromatic carbocycles. The van der Waals surface area contributed by atoms with Crippen molar-refractivity contribution in [3.05, 3.63) is 200 Å². The third-order valence-electron chi connectivity index (χ3n) is 10.9. The van der Waals surface area contributed by atoms with Crippen LogP contribution in [-0.2, 0) is 0 Å². The third kappa shape index (κ3) is 5.32. The van der Waals surface area contributed by atoms with E-state index in [1.165, 1.54) is 58.9 Å². The minimum Gasteiger partial charge on any atom is -0.455 e. The number of hydrogen-bond acceptors (Lipinski definition) is 3. The zero-order chi connectivity index (χ0) is 36.3. The Kier molecular flexibility index (Phi) is 7.39. The smallest absolute Gasteiger partial charge is 0.143 e. The van der Waals surface area contributed by atoms with Crippen LogP contribution in [0.15, 0.2) is 205 Å². The van der Waals surface area contributed by atoms with Crippen LogP contribution in [0.3, 0.4) is 0 Å². The van der Waals surface area contributed by atoms with Crippen LogP contribution >= 0.6 is 11.3 Å². The fourth-order valence-electron chi connectivity index (χ4n) is 8.22. The van der Waals surface area contributed by atoms with Gasteiger partial charge in [0, 0.05) is 42.3 Å². The first-order valence-corrected chi connectivity index (χ1v) is 19.5. The van der Waals surface area contributed by atoms with Gasteiger partial charge in [0.2, 0.25) is 0 Å². The zero-order valence-electron chi connectivity index (χ0n) is 29.8. The highest BCUT2D eigenvalue weighted by Crippen LogP contribution is 2.46. The van der Waals surface area contributed by atoms with Crippen molar-refractivity contribution in [1.29, 1.82) is 0 Å². The Balaban J connectivity index is 1.08. The molecule has 0 N–H and O–H groups in total. The summed E-state index contributed by atoms with van der Waals surface area (Å²) in [7, 11) is 0. The monoisotopic (exact) mass is 719 g/mol. The van der Waals surface area contributed by atoms with Gasteiger partial charge >= 0.3 is 0 Å². The minimum atomic E-state index is 0.871. The quantitative estimate of drug-likeness (QED) is 0.170. The highest BCUT2D eigenvalue weighted by atomic mass is 32.1. The lowest BCUT2D eigenvalue weighted by Gasteiger charge is -2.27. The molecule has 11 aromatic rings. The van der Waals surface area contributed by atoms with E-state index in [0.717, 1.165) is 44.4 Å². The average Bonchev–Trinajstić information content (AvgIpc) is 3.84. The van der Waals surface area contributed by atoms with Crippen molar-refractivity contribution in [1.82, 2.24) is 0 Å². The molecule has 2 nitrogen and oxygen atoms in total. The first-order valence-electron chi connectivity index (χ1n) is 18.7. The molecule has 0 bridgehead atoms. The SMILES string of the molecule is c1ccc(-c2ccc(-c3ccc(N(c4cccc(-c5cccc6c5sc5ccccc56)c4)c4cccc5oc6c7ccccc7ccc6c45)cc3)cc2)cc1. The second-order valence-corrected chi connectivity index (χ2v) is 15.1. The fraction of sp³-hybridized carbons (Fsp3) is 0. The van der Waals surface area contributed by atoms with Gasteiger partial charge in [-0.05, 0) is 87.3 Å². The van der Waals surface area contributed by atoms with Gasteiger partial charge in [0.1, 0.15) is 11.2 Å². The van der Waals surface area contributed by atoms with Crippen LogP contribution in [0.4, 0.5) is 17.1 Å². The number of thiophene rings is 1. The van der Waals surface area contributed by atoms with Gasteiger partial charge in [-0.1, -0.05) is 152 Å². The third-order valence-corrected chi connectivity index (χ3v) is 12.1. The summed E-state index contributed by atoms with van der Waals surface area (Å²) in [6.07, 6.45) is 0. The first kappa shape index (κ1) is 31.6. The number of nitrogens with zero attached hydrogens (tertiary/aromatic N) is 1. The van der Waals surface area contributed by atoms with Crippen molar-refractivity contribution in [2.24, 2.45) is 0 Å². The molecule has 11 rings (SSSR count). The number of furan rings is 1. The van der Waals surface area contributed by atoms with Crippen molar-refractivity contribution in [2.75, 3.05) is 4.90 Å². The molecule has 2 heterocycles. The summed E-state index contributed by atoms with van der Waals surface area (Å²) in [6.45, 7) is 0. The maximum Gasteiger partial charge on any atom is 0.143 e. The van der Waals surface area contributed by atoms with Crippen LogP contribution in [0.5, 0.6) is 0 Å². The summed E-state index contributed by atoms with van der Waals surface area (Å²) in [4.78, 5) is 2.39. The number of benzene rings is 9. The normalized spacial score (nSPS) is 11.6. The Morgan fingerprint density at radius 2 is 1.04 bits per heavy atom. The molecule has 258 valence electrons. The molecule has 0 spiro atoms. The summed E-state index contributed by atoms with van der Waals surface area (Å²) in [6, 6.07) is 72.1. The molecule has 0 unspecified atom stereocenters. The molecule has 0 aliphatic carbocycles. The molecule has 0 atom stereocenters. The molecule has 0 saturated carbocycles. The zero-order valence-corrected chi connectivity index (χ0v) is 30.6. The average molecular weight is 720 g/mol. The van der Waals surface area contributed by atoms with Gasteiger partial charge in [0.05, 0.1) is 11.1 Å². The van der Waals surface area contributed by atoms with E-state index >= 15 is 0 Å². The van der Waals surface area contributed by atoms with Crippen molar-refractivity contribution in [3.63, 3.8) is 0 Å². The Morgan fingerprint density at radius 3 is 1.85 bits per heavy atom. The standard InChI is InChI=1S/C52H33NOS/c1-2-11-34(12-3-1)35-23-25-36(26-24-35)37-27-30-40(31-28-37)53(47-20-10-21-48-50(47)46-32-29-38-13-4-5-16-42(38)51(46)54-48)41-15-8-14-39(33-41)43-18-9-19-45-44-17-6-7-22-49(44)55-52(43)45/h1-33H. The number of anilines is 3. The van der Waals surface area contributed by atoms with Crippen LogP contribution in [-0.4, -0.2) is 0 Å². The summed E-state index contributed by atoms with van der Waals surface area (Å²) < 4.78 is 9.31. The van der Waals surface area contributed by atoms with Gasteiger partial charge < -0.3 is 9.32 Å². The molecule has 0 aliphatic rings. The molecule has 0 saturated heterocycles. The second kappa shape index (κ2) is 12.9. The molecular formula is C52H33NOS. The van der Waals surface area contributed by atoms with Gasteiger partial charge in [0.15, 0.2) is 0 Å². The van der Waals surface area contributed by atoms with Crippen molar-refractivity contribution < 1.29 is 4.42 Å². The second-order valence-electron chi connectivity index (χ2n) is 14.1. The van der Waals surface area contributed by atoms with Gasteiger partial charge in [-0.3, -0.25) is 0 Å². The van der Waals surface area contributed by atoms with Crippen molar-refractivity contribution in [2.45, 2.75) is 0 Å². The molecule has 2 aromatic heterocycles. The van der Waals surface area contributed by atoms with E-state index in [9.17, 15) is 0 Å². The molecule has 0 amide bonds. The Bertz CT molecular complexity index is 3190. The first-order chi connectivity index (χ1) is 27.3. The lowest BCUT2D eigenvalue weighted by atomic mass is 9.99. The van der Waals surface area contributed by atoms with Crippen molar-refractivity contribution >= 4 is 81.3 Å². The van der Waals surface area contributed by atoms with E-state index in [2.05, 4.69) is 205 Å². The summed E-state index contributed by atoms with van der Waals surface area (Å²) in [5.41, 5.74) is 12.2. The van der Waals surface area contributed by atoms with Crippen LogP contribution < -0.4 is 4.90 Å². The fourth-order valence-corrected chi connectivity index (χ4v) is 9.46. The lowest BCUT2D eigenvalue weighted by Crippen LogP contribution is -2.10. The number of fused-ring (bicyclic) bond motifs is 8. The van der Waals surface area contributed by atoms with Gasteiger partial charge in [-0.25, -0.2) is 0 Å². The van der Waals surface area contributed by atoms with Gasteiger partial charge in [-0.2, -0.15) is 0 Å². The van der Waals surface area contributed by atoms with E-state index in [1.807, 2.05) is 11.3 Å². The van der Waals surface area contributed by atoms with E-state index < -0.39 is 0 Å². The predicted molar refractivity (Wildman–Crippen MR) is 235 cm³/mol. The summed E-state index contributed by atoms with van der Waals surface area (Å²) >= 11 is 1.87. The van der Waals surface area contributed by atoms with E-state index in [4.69, 9.17) is 4.42 Å². The van der Waals surface area contributed by atoms with E-state index in [0.29, 0.717) is 0 Å². The molecule has 0 fully saturated rings. The predicted octanol–water partition coefficient (Wildman–Crippen LogP) is 15.6. The van der Waals surface area contributed by atoms with Crippen LogP contribution in [0.1, 0.15) is 0 Å². The van der Waals surface area contributed by atoms with Crippen molar-refractivity contribution in [3.8, 4) is 33.4 Å². The Hall–Kier alpha value is -6.94. The largest absolute Gasteiger partial charge is 0.455 e. The summed E-state index contributed by atoms with van der Waals surface area (Å²) in [5, 5.41) is 7.10. The molecular weight excluding hydrogens is 687 g/mol. The number of rotatable bonds is 6. The lowest BCUT2D eigenvalue weighted by molar-refractivity contribution is 0.672. The molecule has 0 radical (unpaired) electrons. The maximum atomic E-state index is 6.69. The van der Waals surface area contributed by atoms with Gasteiger partial charge in [0.25, 0.3) is 0 Å². The van der Waals surface area contributed by atoms with E-state index in [-0.39, 0.29) is 0 Å². The molecule has 55 heavy (non-hydrogen) atoms. The number of hydrogen-bond donors (Lipinski definition) is 0. The minimum absolute atomic E-state index is 0.871.